The van der Waals surface area contributed by atoms with Gasteiger partial charge in [-0.1, -0.05) is 12.1 Å². The van der Waals surface area contributed by atoms with Crippen LogP contribution >= 0.6 is 0 Å². The van der Waals surface area contributed by atoms with Gasteiger partial charge in [-0.2, -0.15) is 17.5 Å². The van der Waals surface area contributed by atoms with Crippen LogP contribution < -0.4 is 0 Å². The zero-order chi connectivity index (χ0) is 20.6. The Morgan fingerprint density at radius 1 is 1.15 bits per heavy atom. The Balaban J connectivity index is 2.44. The van der Waals surface area contributed by atoms with Crippen molar-refractivity contribution in [2.45, 2.75) is 24.0 Å². The lowest BCUT2D eigenvalue weighted by Gasteiger charge is -2.25. The minimum atomic E-state index is -5.06. The fourth-order valence-corrected chi connectivity index (χ4v) is 3.74. The Morgan fingerprint density at radius 3 is 2.33 bits per heavy atom. The second kappa shape index (κ2) is 7.24. The fraction of sp³-hybridized carbons (Fsp3) is 0.250. The van der Waals surface area contributed by atoms with Crippen LogP contribution in [-0.4, -0.2) is 24.7 Å². The first-order chi connectivity index (χ1) is 12.4. The number of halogens is 4. The van der Waals surface area contributed by atoms with Crippen molar-refractivity contribution in [3.8, 4) is 0 Å². The van der Waals surface area contributed by atoms with E-state index in [0.29, 0.717) is 6.07 Å². The topological polar surface area (TPSA) is 80.5 Å². The van der Waals surface area contributed by atoms with Gasteiger partial charge in [-0.15, -0.1) is 0 Å². The molecule has 0 N–H and O–H groups in total. The minimum Gasteiger partial charge on any atom is -0.258 e. The van der Waals surface area contributed by atoms with Crippen molar-refractivity contribution in [2.24, 2.45) is 0 Å². The molecule has 146 valence electrons. The van der Waals surface area contributed by atoms with E-state index in [2.05, 4.69) is 0 Å². The molecule has 0 saturated carbocycles. The molecule has 11 heteroatoms. The highest BCUT2D eigenvalue weighted by Gasteiger charge is 2.36. The van der Waals surface area contributed by atoms with E-state index in [9.17, 15) is 36.1 Å². The lowest BCUT2D eigenvalue weighted by molar-refractivity contribution is -0.384. The van der Waals surface area contributed by atoms with E-state index in [0.717, 1.165) is 17.4 Å². The summed E-state index contributed by atoms with van der Waals surface area (Å²) in [6.07, 6.45) is -5.06. The molecule has 0 amide bonds. The van der Waals surface area contributed by atoms with Crippen molar-refractivity contribution in [2.75, 3.05) is 7.05 Å². The monoisotopic (exact) mass is 406 g/mol. The number of nitro groups is 1. The summed E-state index contributed by atoms with van der Waals surface area (Å²) in [5.41, 5.74) is -1.68. The molecule has 0 aromatic heterocycles. The molecule has 1 atom stereocenters. The fourth-order valence-electron chi connectivity index (χ4n) is 2.36. The van der Waals surface area contributed by atoms with Crippen molar-refractivity contribution < 1.29 is 30.9 Å². The second-order valence-corrected chi connectivity index (χ2v) is 7.69. The van der Waals surface area contributed by atoms with Crippen LogP contribution in [0.15, 0.2) is 47.4 Å². The van der Waals surface area contributed by atoms with E-state index >= 15 is 0 Å². The SMILES string of the molecule is CC(c1cccc([N+](=O)[O-])c1)N(C)S(=O)(=O)c1ccc(F)c(C(F)(F)F)c1. The van der Waals surface area contributed by atoms with Crippen LogP contribution in [0.3, 0.4) is 0 Å². The lowest BCUT2D eigenvalue weighted by atomic mass is 10.1. The smallest absolute Gasteiger partial charge is 0.258 e. The summed E-state index contributed by atoms with van der Waals surface area (Å²) >= 11 is 0. The number of hydrogen-bond donors (Lipinski definition) is 0. The first kappa shape index (κ1) is 20.8. The van der Waals surface area contributed by atoms with E-state index < -0.39 is 43.4 Å². The molecule has 0 heterocycles. The minimum absolute atomic E-state index is 0.224. The first-order valence-corrected chi connectivity index (χ1v) is 8.89. The normalized spacial score (nSPS) is 13.6. The maximum atomic E-state index is 13.4. The molecule has 0 aliphatic carbocycles. The third kappa shape index (κ3) is 4.25. The van der Waals surface area contributed by atoms with Crippen LogP contribution in [0.5, 0.6) is 0 Å². The zero-order valence-electron chi connectivity index (χ0n) is 14.1. The summed E-state index contributed by atoms with van der Waals surface area (Å²) in [5, 5.41) is 10.9. The summed E-state index contributed by atoms with van der Waals surface area (Å²) in [5.74, 6) is -1.59. The number of sulfonamides is 1. The summed E-state index contributed by atoms with van der Waals surface area (Å²) in [6.45, 7) is 1.42. The number of benzene rings is 2. The molecular weight excluding hydrogens is 392 g/mol. The van der Waals surface area contributed by atoms with Gasteiger partial charge in [0, 0.05) is 25.2 Å². The van der Waals surface area contributed by atoms with Gasteiger partial charge in [-0.3, -0.25) is 10.1 Å². The van der Waals surface area contributed by atoms with Gasteiger partial charge in [0.05, 0.1) is 15.4 Å². The summed E-state index contributed by atoms with van der Waals surface area (Å²) in [6, 6.07) is 5.68. The largest absolute Gasteiger partial charge is 0.419 e. The van der Waals surface area contributed by atoms with Gasteiger partial charge in [0.15, 0.2) is 0 Å². The van der Waals surface area contributed by atoms with Crippen molar-refractivity contribution in [1.29, 1.82) is 0 Å². The van der Waals surface area contributed by atoms with Crippen LogP contribution in [0, 0.1) is 15.9 Å². The number of nitro benzene ring substituents is 1. The van der Waals surface area contributed by atoms with Crippen LogP contribution in [-0.2, 0) is 16.2 Å². The molecule has 27 heavy (non-hydrogen) atoms. The number of nitrogens with zero attached hydrogens (tertiary/aromatic N) is 2. The Morgan fingerprint density at radius 2 is 1.78 bits per heavy atom. The van der Waals surface area contributed by atoms with E-state index in [-0.39, 0.29) is 17.3 Å². The van der Waals surface area contributed by atoms with Gasteiger partial charge in [-0.25, -0.2) is 12.8 Å². The second-order valence-electron chi connectivity index (χ2n) is 5.69. The molecule has 2 aromatic carbocycles. The predicted molar refractivity (Wildman–Crippen MR) is 87.9 cm³/mol. The van der Waals surface area contributed by atoms with Crippen LogP contribution in [0.2, 0.25) is 0 Å². The number of rotatable bonds is 5. The number of non-ortho nitro benzene ring substituents is 1. The molecule has 2 aromatic rings. The highest BCUT2D eigenvalue weighted by Crippen LogP contribution is 2.34. The molecule has 1 unspecified atom stereocenters. The Hall–Kier alpha value is -2.53. The van der Waals surface area contributed by atoms with Crippen LogP contribution in [0.1, 0.15) is 24.1 Å². The van der Waals surface area contributed by atoms with Crippen molar-refractivity contribution in [3.05, 3.63) is 69.5 Å². The molecule has 0 saturated heterocycles. The third-order valence-electron chi connectivity index (χ3n) is 4.03. The number of hydrogen-bond acceptors (Lipinski definition) is 4. The summed E-state index contributed by atoms with van der Waals surface area (Å²) < 4.78 is 78.0. The van der Waals surface area contributed by atoms with Gasteiger partial charge in [0.25, 0.3) is 5.69 Å². The van der Waals surface area contributed by atoms with Crippen molar-refractivity contribution in [1.82, 2.24) is 4.31 Å². The van der Waals surface area contributed by atoms with Gasteiger partial charge in [0.2, 0.25) is 10.0 Å². The summed E-state index contributed by atoms with van der Waals surface area (Å²) in [7, 11) is -3.30. The van der Waals surface area contributed by atoms with Gasteiger partial charge in [-0.05, 0) is 30.7 Å². The predicted octanol–water partition coefficient (Wildman–Crippen LogP) is 4.13. The molecule has 2 rings (SSSR count). The average molecular weight is 406 g/mol. The molecule has 0 aliphatic heterocycles. The summed E-state index contributed by atoms with van der Waals surface area (Å²) in [4.78, 5) is 9.47. The van der Waals surface area contributed by atoms with E-state index in [1.807, 2.05) is 0 Å². The van der Waals surface area contributed by atoms with E-state index in [1.54, 1.807) is 0 Å². The highest BCUT2D eigenvalue weighted by atomic mass is 32.2. The molecule has 0 aliphatic rings. The van der Waals surface area contributed by atoms with Gasteiger partial charge >= 0.3 is 6.18 Å². The van der Waals surface area contributed by atoms with E-state index in [4.69, 9.17) is 0 Å². The average Bonchev–Trinajstić information content (AvgIpc) is 2.59. The quantitative estimate of drug-likeness (QED) is 0.425. The molecule has 6 nitrogen and oxygen atoms in total. The number of alkyl halides is 3. The van der Waals surface area contributed by atoms with E-state index in [1.165, 1.54) is 31.2 Å². The maximum absolute atomic E-state index is 13.4. The molecule has 0 radical (unpaired) electrons. The molecular formula is C16H14F4N2O4S. The Kier molecular flexibility index (Phi) is 5.57. The molecule has 0 fully saturated rings. The van der Waals surface area contributed by atoms with Gasteiger partial charge < -0.3 is 0 Å². The van der Waals surface area contributed by atoms with Gasteiger partial charge in [0.1, 0.15) is 5.82 Å². The zero-order valence-corrected chi connectivity index (χ0v) is 14.9. The highest BCUT2D eigenvalue weighted by molar-refractivity contribution is 7.89. The van der Waals surface area contributed by atoms with Crippen LogP contribution in [0.4, 0.5) is 23.2 Å². The van der Waals surface area contributed by atoms with Crippen molar-refractivity contribution in [3.63, 3.8) is 0 Å². The molecule has 0 bridgehead atoms. The Bertz CT molecular complexity index is 977. The lowest BCUT2D eigenvalue weighted by Crippen LogP contribution is -2.30. The van der Waals surface area contributed by atoms with Crippen LogP contribution in [0.25, 0.3) is 0 Å². The van der Waals surface area contributed by atoms with Crippen molar-refractivity contribution >= 4 is 15.7 Å². The standard InChI is InChI=1S/C16H14F4N2O4S/c1-10(11-4-3-5-12(8-11)22(23)24)21(2)27(25,26)13-6-7-15(17)14(9-13)16(18,19)20/h3-10H,1-2H3. The first-order valence-electron chi connectivity index (χ1n) is 7.45. The third-order valence-corrected chi connectivity index (χ3v) is 5.95. The maximum Gasteiger partial charge on any atom is 0.419 e. The Labute approximate surface area is 152 Å². The molecule has 0 spiro atoms.